The largest absolute Gasteiger partial charge is 0.320 e. The van der Waals surface area contributed by atoms with Crippen molar-refractivity contribution in [1.29, 1.82) is 0 Å². The van der Waals surface area contributed by atoms with Gasteiger partial charge in [-0.05, 0) is 20.9 Å². The van der Waals surface area contributed by atoms with Crippen LogP contribution in [-0.2, 0) is 13.9 Å². The summed E-state index contributed by atoms with van der Waals surface area (Å²) in [6.45, 7) is 3.52. The standard InChI is InChI=1S/C7H14NO3P/c1-7(2)6(9)5-12(10,11-4)8(7)3/h5H2,1-4H3/t12-/m1/s1. The molecule has 0 bridgehead atoms. The molecule has 0 N–H and O–H groups in total. The Balaban J connectivity index is 3.06. The topological polar surface area (TPSA) is 46.6 Å². The van der Waals surface area contributed by atoms with Crippen molar-refractivity contribution in [3.8, 4) is 0 Å². The lowest BCUT2D eigenvalue weighted by Gasteiger charge is -2.28. The number of nitrogens with zero attached hydrogens (tertiary/aromatic N) is 1. The van der Waals surface area contributed by atoms with Gasteiger partial charge in [-0.1, -0.05) is 0 Å². The Kier molecular flexibility index (Phi) is 2.19. The number of carbonyl (C=O) groups excluding carboxylic acids is 1. The van der Waals surface area contributed by atoms with Crippen molar-refractivity contribution in [2.75, 3.05) is 20.3 Å². The van der Waals surface area contributed by atoms with Crippen LogP contribution in [0.1, 0.15) is 13.8 Å². The van der Waals surface area contributed by atoms with Crippen LogP contribution in [0, 0.1) is 0 Å². The first kappa shape index (κ1) is 9.90. The molecule has 0 aromatic carbocycles. The van der Waals surface area contributed by atoms with Gasteiger partial charge in [-0.3, -0.25) is 9.36 Å². The summed E-state index contributed by atoms with van der Waals surface area (Å²) >= 11 is 0. The summed E-state index contributed by atoms with van der Waals surface area (Å²) in [6.07, 6.45) is 0.0347. The van der Waals surface area contributed by atoms with E-state index in [2.05, 4.69) is 0 Å². The molecule has 1 fully saturated rings. The maximum atomic E-state index is 11.8. The van der Waals surface area contributed by atoms with Crippen LogP contribution in [0.25, 0.3) is 0 Å². The number of rotatable bonds is 1. The van der Waals surface area contributed by atoms with E-state index in [1.54, 1.807) is 25.6 Å². The Morgan fingerprint density at radius 1 is 1.58 bits per heavy atom. The van der Waals surface area contributed by atoms with Gasteiger partial charge in [-0.2, -0.15) is 0 Å². The van der Waals surface area contributed by atoms with Crippen molar-refractivity contribution in [2.24, 2.45) is 0 Å². The van der Waals surface area contributed by atoms with Crippen LogP contribution < -0.4 is 0 Å². The molecule has 0 aliphatic carbocycles. The Hall–Kier alpha value is -0.180. The molecule has 1 rings (SSSR count). The minimum Gasteiger partial charge on any atom is -0.320 e. The summed E-state index contributed by atoms with van der Waals surface area (Å²) in [4.78, 5) is 11.4. The van der Waals surface area contributed by atoms with Gasteiger partial charge in [0.05, 0.1) is 11.7 Å². The van der Waals surface area contributed by atoms with Gasteiger partial charge in [0.25, 0.3) is 7.52 Å². The fourth-order valence-corrected chi connectivity index (χ4v) is 3.44. The summed E-state index contributed by atoms with van der Waals surface area (Å²) in [5.41, 5.74) is -0.647. The zero-order valence-electron chi connectivity index (χ0n) is 7.83. The van der Waals surface area contributed by atoms with Crippen molar-refractivity contribution in [3.05, 3.63) is 0 Å². The molecule has 0 saturated carbocycles. The van der Waals surface area contributed by atoms with Crippen molar-refractivity contribution in [1.82, 2.24) is 4.67 Å². The van der Waals surface area contributed by atoms with Crippen LogP contribution in [0.4, 0.5) is 0 Å². The SMILES string of the molecule is CO[P@]1(=O)CC(=O)C(C)(C)N1C. The van der Waals surface area contributed by atoms with Crippen molar-refractivity contribution in [2.45, 2.75) is 19.4 Å². The number of hydrogen-bond donors (Lipinski definition) is 0. The predicted molar refractivity (Wildman–Crippen MR) is 46.3 cm³/mol. The fraction of sp³-hybridized carbons (Fsp3) is 0.857. The average molecular weight is 191 g/mol. The maximum absolute atomic E-state index is 11.8. The molecule has 4 nitrogen and oxygen atoms in total. The second-order valence-electron chi connectivity index (χ2n) is 3.48. The van der Waals surface area contributed by atoms with Gasteiger partial charge in [0.2, 0.25) is 0 Å². The number of likely N-dealkylation sites (N-methyl/N-ethyl adjacent to an activating group) is 1. The first-order valence-electron chi connectivity index (χ1n) is 3.77. The lowest BCUT2D eigenvalue weighted by atomic mass is 10.0. The van der Waals surface area contributed by atoms with E-state index in [0.29, 0.717) is 0 Å². The van der Waals surface area contributed by atoms with E-state index in [1.807, 2.05) is 0 Å². The van der Waals surface area contributed by atoms with Crippen LogP contribution >= 0.6 is 7.52 Å². The van der Waals surface area contributed by atoms with E-state index in [9.17, 15) is 9.36 Å². The quantitative estimate of drug-likeness (QED) is 0.582. The van der Waals surface area contributed by atoms with Gasteiger partial charge < -0.3 is 4.52 Å². The van der Waals surface area contributed by atoms with Crippen LogP contribution in [0.15, 0.2) is 0 Å². The van der Waals surface area contributed by atoms with Crippen molar-refractivity contribution < 1.29 is 13.9 Å². The lowest BCUT2D eigenvalue weighted by Crippen LogP contribution is -2.39. The first-order chi connectivity index (χ1) is 5.34. The number of carbonyl (C=O) groups is 1. The van der Waals surface area contributed by atoms with Crippen LogP contribution in [-0.4, -0.2) is 36.3 Å². The number of ketones is 1. The Bertz CT molecular complexity index is 261. The van der Waals surface area contributed by atoms with E-state index >= 15 is 0 Å². The smallest absolute Gasteiger partial charge is 0.280 e. The molecule has 1 saturated heterocycles. The highest BCUT2D eigenvalue weighted by molar-refractivity contribution is 7.58. The molecule has 1 aliphatic heterocycles. The van der Waals surface area contributed by atoms with Gasteiger partial charge in [-0.25, -0.2) is 4.67 Å². The Morgan fingerprint density at radius 3 is 2.25 bits per heavy atom. The fourth-order valence-electron chi connectivity index (χ4n) is 1.23. The molecule has 0 aromatic heterocycles. The van der Waals surface area contributed by atoms with Gasteiger partial charge >= 0.3 is 0 Å². The Labute approximate surface area is 72.4 Å². The lowest BCUT2D eigenvalue weighted by molar-refractivity contribution is -0.122. The third-order valence-corrected chi connectivity index (χ3v) is 5.25. The van der Waals surface area contributed by atoms with E-state index in [-0.39, 0.29) is 11.9 Å². The second kappa shape index (κ2) is 2.66. The average Bonchev–Trinajstić information content (AvgIpc) is 2.14. The number of hydrogen-bond acceptors (Lipinski definition) is 3. The summed E-state index contributed by atoms with van der Waals surface area (Å²) in [5, 5.41) is 0. The highest BCUT2D eigenvalue weighted by atomic mass is 31.2. The third-order valence-electron chi connectivity index (χ3n) is 2.58. The second-order valence-corrected chi connectivity index (χ2v) is 6.04. The molecule has 0 spiro atoms. The Morgan fingerprint density at radius 2 is 2.08 bits per heavy atom. The molecule has 1 aliphatic rings. The minimum atomic E-state index is -2.84. The summed E-state index contributed by atoms with van der Waals surface area (Å²) in [7, 11) is 0.207. The minimum absolute atomic E-state index is 0.0183. The summed E-state index contributed by atoms with van der Waals surface area (Å²) in [5.74, 6) is -0.0183. The van der Waals surface area contributed by atoms with Gasteiger partial charge in [-0.15, -0.1) is 0 Å². The van der Waals surface area contributed by atoms with E-state index in [0.717, 1.165) is 0 Å². The zero-order valence-corrected chi connectivity index (χ0v) is 8.72. The monoisotopic (exact) mass is 191 g/mol. The highest BCUT2D eigenvalue weighted by Gasteiger charge is 2.51. The molecule has 70 valence electrons. The first-order valence-corrected chi connectivity index (χ1v) is 5.53. The van der Waals surface area contributed by atoms with Crippen LogP contribution in [0.2, 0.25) is 0 Å². The van der Waals surface area contributed by atoms with Crippen LogP contribution in [0.3, 0.4) is 0 Å². The molecule has 0 radical (unpaired) electrons. The van der Waals surface area contributed by atoms with Crippen molar-refractivity contribution in [3.63, 3.8) is 0 Å². The molecule has 1 heterocycles. The van der Waals surface area contributed by atoms with Gasteiger partial charge in [0.15, 0.2) is 5.78 Å². The normalized spacial score (nSPS) is 35.8. The zero-order chi connectivity index (χ0) is 9.57. The molecule has 1 atom stereocenters. The van der Waals surface area contributed by atoms with E-state index < -0.39 is 13.1 Å². The summed E-state index contributed by atoms with van der Waals surface area (Å²) in [6, 6.07) is 0. The maximum Gasteiger partial charge on any atom is 0.280 e. The van der Waals surface area contributed by atoms with Crippen LogP contribution in [0.5, 0.6) is 0 Å². The van der Waals surface area contributed by atoms with Crippen molar-refractivity contribution >= 4 is 13.3 Å². The summed E-state index contributed by atoms with van der Waals surface area (Å²) < 4.78 is 18.2. The third kappa shape index (κ3) is 1.15. The molecule has 0 amide bonds. The molecule has 0 unspecified atom stereocenters. The molecular formula is C7H14NO3P. The molecule has 12 heavy (non-hydrogen) atoms. The van der Waals surface area contributed by atoms with Gasteiger partial charge in [0.1, 0.15) is 0 Å². The molecule has 0 aromatic rings. The molecular weight excluding hydrogens is 177 g/mol. The van der Waals surface area contributed by atoms with E-state index in [1.165, 1.54) is 7.11 Å². The van der Waals surface area contributed by atoms with E-state index in [4.69, 9.17) is 4.52 Å². The van der Waals surface area contributed by atoms with Gasteiger partial charge in [0, 0.05) is 7.11 Å². The number of Topliss-reactive ketones (excluding diaryl/α,β-unsaturated/α-hetero) is 1. The highest BCUT2D eigenvalue weighted by Crippen LogP contribution is 2.58. The molecule has 5 heteroatoms. The predicted octanol–water partition coefficient (Wildman–Crippen LogP) is 1.12.